The van der Waals surface area contributed by atoms with Crippen molar-refractivity contribution in [2.45, 2.75) is 23.8 Å². The number of aliphatic hydroxyl groups excluding tert-OH is 1. The van der Waals surface area contributed by atoms with Crippen molar-refractivity contribution in [3.8, 4) is 0 Å². The van der Waals surface area contributed by atoms with Gasteiger partial charge in [-0.25, -0.2) is 0 Å². The topological polar surface area (TPSA) is 32.7 Å². The average Bonchev–Trinajstić information content (AvgIpc) is 2.48. The SMILES string of the molecule is OC(CN1CCSC2COCCC21)c1ccccc1. The fourth-order valence-electron chi connectivity index (χ4n) is 2.99. The summed E-state index contributed by atoms with van der Waals surface area (Å²) >= 11 is 2.03. The minimum Gasteiger partial charge on any atom is -0.387 e. The Bertz CT molecular complexity index is 398. The van der Waals surface area contributed by atoms with Gasteiger partial charge in [-0.15, -0.1) is 0 Å². The van der Waals surface area contributed by atoms with Crippen LogP contribution in [-0.2, 0) is 4.74 Å². The van der Waals surface area contributed by atoms with E-state index >= 15 is 0 Å². The van der Waals surface area contributed by atoms with Crippen LogP contribution >= 0.6 is 11.8 Å². The molecule has 1 aromatic rings. The maximum atomic E-state index is 10.4. The standard InChI is InChI=1S/C15H21NO2S/c17-14(12-4-2-1-3-5-12)10-16-7-9-19-15-11-18-8-6-13(15)16/h1-5,13-15,17H,6-11H2. The van der Waals surface area contributed by atoms with Crippen LogP contribution in [0.4, 0.5) is 0 Å². The maximum Gasteiger partial charge on any atom is 0.0917 e. The van der Waals surface area contributed by atoms with Gasteiger partial charge in [-0.2, -0.15) is 11.8 Å². The van der Waals surface area contributed by atoms with Gasteiger partial charge in [0.05, 0.1) is 12.7 Å². The van der Waals surface area contributed by atoms with Crippen molar-refractivity contribution in [2.24, 2.45) is 0 Å². The largest absolute Gasteiger partial charge is 0.387 e. The highest BCUT2D eigenvalue weighted by molar-refractivity contribution is 8.00. The predicted octanol–water partition coefficient (Wildman–Crippen LogP) is 1.93. The number of nitrogens with zero attached hydrogens (tertiary/aromatic N) is 1. The van der Waals surface area contributed by atoms with Crippen LogP contribution in [0.3, 0.4) is 0 Å². The molecule has 3 nitrogen and oxygen atoms in total. The molecule has 1 N–H and O–H groups in total. The van der Waals surface area contributed by atoms with Crippen molar-refractivity contribution >= 4 is 11.8 Å². The van der Waals surface area contributed by atoms with E-state index in [-0.39, 0.29) is 6.10 Å². The van der Waals surface area contributed by atoms with E-state index in [1.807, 2.05) is 42.1 Å². The Kier molecular flexibility index (Phi) is 4.43. The summed E-state index contributed by atoms with van der Waals surface area (Å²) in [6.45, 7) is 3.55. The van der Waals surface area contributed by atoms with E-state index in [4.69, 9.17) is 4.74 Å². The second kappa shape index (κ2) is 6.27. The van der Waals surface area contributed by atoms with E-state index in [9.17, 15) is 5.11 Å². The third-order valence-electron chi connectivity index (χ3n) is 4.04. The number of rotatable bonds is 3. The maximum absolute atomic E-state index is 10.4. The van der Waals surface area contributed by atoms with Crippen molar-refractivity contribution in [1.29, 1.82) is 0 Å². The number of thioether (sulfide) groups is 1. The molecule has 3 atom stereocenters. The Morgan fingerprint density at radius 1 is 1.37 bits per heavy atom. The molecule has 0 saturated carbocycles. The first kappa shape index (κ1) is 13.4. The molecule has 2 saturated heterocycles. The first-order chi connectivity index (χ1) is 9.34. The molecule has 2 aliphatic rings. The Hall–Kier alpha value is -0.550. The zero-order valence-corrected chi connectivity index (χ0v) is 11.9. The molecule has 2 heterocycles. The average molecular weight is 279 g/mol. The molecule has 2 fully saturated rings. The van der Waals surface area contributed by atoms with E-state index in [2.05, 4.69) is 4.90 Å². The molecule has 3 unspecified atom stereocenters. The molecule has 0 bridgehead atoms. The quantitative estimate of drug-likeness (QED) is 0.916. The van der Waals surface area contributed by atoms with Crippen molar-refractivity contribution in [3.05, 3.63) is 35.9 Å². The van der Waals surface area contributed by atoms with Crippen LogP contribution in [0.5, 0.6) is 0 Å². The third kappa shape index (κ3) is 3.14. The Labute approximate surface area is 118 Å². The first-order valence-electron chi connectivity index (χ1n) is 7.01. The van der Waals surface area contributed by atoms with Gasteiger partial charge in [0, 0.05) is 36.7 Å². The number of β-amino-alcohol motifs (C(OH)–C–C–N with tert-alkyl or cyclic N) is 1. The molecule has 4 heteroatoms. The second-order valence-electron chi connectivity index (χ2n) is 5.26. The molecule has 0 radical (unpaired) electrons. The summed E-state index contributed by atoms with van der Waals surface area (Å²) in [4.78, 5) is 2.46. The summed E-state index contributed by atoms with van der Waals surface area (Å²) in [5.74, 6) is 1.14. The molecule has 1 aromatic carbocycles. The zero-order valence-electron chi connectivity index (χ0n) is 11.1. The molecular weight excluding hydrogens is 258 g/mol. The van der Waals surface area contributed by atoms with Gasteiger partial charge in [0.15, 0.2) is 0 Å². The van der Waals surface area contributed by atoms with Crippen LogP contribution in [0.15, 0.2) is 30.3 Å². The number of fused-ring (bicyclic) bond motifs is 1. The van der Waals surface area contributed by atoms with Gasteiger partial charge in [0.2, 0.25) is 0 Å². The van der Waals surface area contributed by atoms with E-state index in [1.54, 1.807) is 0 Å². The van der Waals surface area contributed by atoms with E-state index in [0.717, 1.165) is 44.0 Å². The van der Waals surface area contributed by atoms with Crippen molar-refractivity contribution in [3.63, 3.8) is 0 Å². The lowest BCUT2D eigenvalue weighted by Gasteiger charge is -2.44. The van der Waals surface area contributed by atoms with Gasteiger partial charge in [-0.05, 0) is 12.0 Å². The van der Waals surface area contributed by atoms with Crippen LogP contribution in [-0.4, -0.2) is 53.4 Å². The molecule has 19 heavy (non-hydrogen) atoms. The van der Waals surface area contributed by atoms with Crippen molar-refractivity contribution in [2.75, 3.05) is 32.1 Å². The molecule has 104 valence electrons. The third-order valence-corrected chi connectivity index (χ3v) is 5.34. The fourth-order valence-corrected chi connectivity index (χ4v) is 4.36. The minimum atomic E-state index is -0.382. The zero-order chi connectivity index (χ0) is 13.1. The molecule has 0 aliphatic carbocycles. The van der Waals surface area contributed by atoms with E-state index < -0.39 is 0 Å². The number of ether oxygens (including phenoxy) is 1. The van der Waals surface area contributed by atoms with Gasteiger partial charge >= 0.3 is 0 Å². The lowest BCUT2D eigenvalue weighted by Crippen LogP contribution is -2.52. The van der Waals surface area contributed by atoms with Gasteiger partial charge in [-0.3, -0.25) is 4.90 Å². The highest BCUT2D eigenvalue weighted by atomic mass is 32.2. The van der Waals surface area contributed by atoms with Crippen molar-refractivity contribution in [1.82, 2.24) is 4.90 Å². The Morgan fingerprint density at radius 3 is 3.05 bits per heavy atom. The normalized spacial score (nSPS) is 29.7. The monoisotopic (exact) mass is 279 g/mol. The molecule has 0 amide bonds. The first-order valence-corrected chi connectivity index (χ1v) is 8.06. The molecular formula is C15H21NO2S. The summed E-state index contributed by atoms with van der Waals surface area (Å²) in [5.41, 5.74) is 1.02. The molecule has 0 spiro atoms. The molecule has 0 aromatic heterocycles. The Morgan fingerprint density at radius 2 is 2.21 bits per heavy atom. The summed E-state index contributed by atoms with van der Waals surface area (Å²) < 4.78 is 5.57. The summed E-state index contributed by atoms with van der Waals surface area (Å²) in [6.07, 6.45) is 0.715. The minimum absolute atomic E-state index is 0.382. The van der Waals surface area contributed by atoms with Crippen LogP contribution in [0.2, 0.25) is 0 Å². The highest BCUT2D eigenvalue weighted by Crippen LogP contribution is 2.31. The number of aliphatic hydroxyl groups is 1. The summed E-state index contributed by atoms with van der Waals surface area (Å²) in [6, 6.07) is 10.5. The van der Waals surface area contributed by atoms with E-state index in [0.29, 0.717) is 11.3 Å². The number of hydrogen-bond donors (Lipinski definition) is 1. The number of benzene rings is 1. The van der Waals surface area contributed by atoms with Crippen molar-refractivity contribution < 1.29 is 9.84 Å². The lowest BCUT2D eigenvalue weighted by molar-refractivity contribution is 0.0178. The second-order valence-corrected chi connectivity index (χ2v) is 6.61. The highest BCUT2D eigenvalue weighted by Gasteiger charge is 2.35. The van der Waals surface area contributed by atoms with Crippen LogP contribution in [0, 0.1) is 0 Å². The fraction of sp³-hybridized carbons (Fsp3) is 0.600. The number of hydrogen-bond acceptors (Lipinski definition) is 4. The van der Waals surface area contributed by atoms with Gasteiger partial charge in [-0.1, -0.05) is 30.3 Å². The van der Waals surface area contributed by atoms with Gasteiger partial charge in [0.1, 0.15) is 0 Å². The summed E-state index contributed by atoms with van der Waals surface area (Å²) in [5, 5.41) is 11.0. The molecule has 2 aliphatic heterocycles. The smallest absolute Gasteiger partial charge is 0.0917 e. The van der Waals surface area contributed by atoms with E-state index in [1.165, 1.54) is 0 Å². The van der Waals surface area contributed by atoms with Crippen LogP contribution in [0.25, 0.3) is 0 Å². The van der Waals surface area contributed by atoms with Crippen LogP contribution < -0.4 is 0 Å². The van der Waals surface area contributed by atoms with Gasteiger partial charge < -0.3 is 9.84 Å². The predicted molar refractivity (Wildman–Crippen MR) is 78.4 cm³/mol. The summed E-state index contributed by atoms with van der Waals surface area (Å²) in [7, 11) is 0. The van der Waals surface area contributed by atoms with Gasteiger partial charge in [0.25, 0.3) is 0 Å². The molecule has 3 rings (SSSR count). The van der Waals surface area contributed by atoms with Crippen LogP contribution in [0.1, 0.15) is 18.1 Å². The Balaban J connectivity index is 1.65. The lowest BCUT2D eigenvalue weighted by atomic mass is 10.0.